The van der Waals surface area contributed by atoms with Gasteiger partial charge in [0.15, 0.2) is 0 Å². The van der Waals surface area contributed by atoms with E-state index in [1.54, 1.807) is 36.5 Å². The van der Waals surface area contributed by atoms with Crippen LogP contribution < -0.4 is 10.6 Å². The number of alkyl carbamates (subject to hydrolysis) is 1. The Morgan fingerprint density at radius 2 is 1.14 bits per heavy atom. The minimum absolute atomic E-state index is 0. The maximum absolute atomic E-state index is 12.2. The monoisotopic (exact) mass is 948 g/mol. The number of aryl methyl sites for hydroxylation is 2. The number of carbonyl (C=O) groups is 2. The first-order valence-corrected chi connectivity index (χ1v) is 21.6. The van der Waals surface area contributed by atoms with E-state index in [2.05, 4.69) is 40.5 Å². The second kappa shape index (κ2) is 26.3. The number of nitrogens with zero attached hydrogens (tertiary/aromatic N) is 6. The van der Waals surface area contributed by atoms with Crippen molar-refractivity contribution in [2.45, 2.75) is 65.6 Å². The quantitative estimate of drug-likeness (QED) is 0.0847. The van der Waals surface area contributed by atoms with E-state index in [0.717, 1.165) is 56.7 Å². The summed E-state index contributed by atoms with van der Waals surface area (Å²) in [5, 5.41) is 5.87. The van der Waals surface area contributed by atoms with Gasteiger partial charge in [-0.1, -0.05) is 66.7 Å². The van der Waals surface area contributed by atoms with E-state index in [1.165, 1.54) is 0 Å². The molecule has 0 radical (unpaired) electrons. The number of ether oxygens (including phenoxy) is 1. The van der Waals surface area contributed by atoms with Gasteiger partial charge in [0.25, 0.3) is 0 Å². The summed E-state index contributed by atoms with van der Waals surface area (Å²) in [6.45, 7) is 9.99. The van der Waals surface area contributed by atoms with Gasteiger partial charge >= 0.3 is 6.09 Å². The summed E-state index contributed by atoms with van der Waals surface area (Å²) in [5.41, 5.74) is 8.96. The first kappa shape index (κ1) is 49.5. The Morgan fingerprint density at radius 1 is 0.619 bits per heavy atom. The first-order chi connectivity index (χ1) is 30.0. The molecule has 0 spiro atoms. The third kappa shape index (κ3) is 18.8. The molecular formula is C50H54N8O3RuS. The molecular weight excluding hydrogens is 894 g/mol. The number of pyridine rings is 6. The summed E-state index contributed by atoms with van der Waals surface area (Å²) >= 11 is 1.65. The summed E-state index contributed by atoms with van der Waals surface area (Å²) in [5.74, 6) is 1.38. The molecule has 63 heavy (non-hydrogen) atoms. The minimum atomic E-state index is -0.541. The summed E-state index contributed by atoms with van der Waals surface area (Å²) in [7, 11) is 0. The number of aromatic nitrogens is 6. The van der Waals surface area contributed by atoms with Gasteiger partial charge in [0.05, 0.1) is 34.2 Å². The van der Waals surface area contributed by atoms with Gasteiger partial charge in [-0.3, -0.25) is 29.7 Å². The summed E-state index contributed by atoms with van der Waals surface area (Å²) in [4.78, 5) is 50.3. The van der Waals surface area contributed by atoms with E-state index in [-0.39, 0.29) is 31.4 Å². The molecule has 7 rings (SSSR count). The predicted octanol–water partition coefficient (Wildman–Crippen LogP) is 9.92. The fourth-order valence-electron chi connectivity index (χ4n) is 5.83. The standard InChI is InChI=1S/C23H31N3O3S.C15H11N3.C12H12N2.Ru/c1-23(2,3)29-22(28)26-20(14-18-8-5-4-6-9-18)17-30-13-11-21(27)25-16-19-10-7-12-24-15-19;1-3-10-16-12(6-1)14-8-5-9-15(18-14)13-7-2-4-11-17-13;1-9-5-3-7-11(13-9)12-8-4-6-10(2)14-12;/h4-10,12,15,20H,11,13-14,16-17H2,1-3H3,(H,25,27)(H,26,28);1-11H;3-8H,1-2H3;/t20-;;;/m1.../s1. The number of rotatable bonds is 13. The van der Waals surface area contributed by atoms with Crippen LogP contribution in [-0.2, 0) is 42.0 Å². The van der Waals surface area contributed by atoms with Crippen molar-refractivity contribution in [3.8, 4) is 34.2 Å². The third-order valence-corrected chi connectivity index (χ3v) is 9.82. The SMILES string of the molecule is CC(C)(C)OC(=O)N[C@@H](CSCCC(=O)NCc1cccnc1)Cc1ccccc1.Cc1cccc(-c2cccc(C)n2)n1.[Ru].c1ccc(-c2cccc(-c3ccccn3)n2)nc1. The van der Waals surface area contributed by atoms with Crippen LogP contribution in [0.2, 0.25) is 0 Å². The topological polar surface area (TPSA) is 145 Å². The van der Waals surface area contributed by atoms with Crippen molar-refractivity contribution in [3.63, 3.8) is 0 Å². The summed E-state index contributed by atoms with van der Waals surface area (Å²) < 4.78 is 5.40. The van der Waals surface area contributed by atoms with Crippen LogP contribution in [0.5, 0.6) is 0 Å². The van der Waals surface area contributed by atoms with Crippen LogP contribution in [-0.4, -0.2) is 65.1 Å². The largest absolute Gasteiger partial charge is 0.444 e. The van der Waals surface area contributed by atoms with Crippen LogP contribution in [0.3, 0.4) is 0 Å². The smallest absolute Gasteiger partial charge is 0.407 e. The minimum Gasteiger partial charge on any atom is -0.444 e. The molecule has 1 aromatic carbocycles. The predicted molar refractivity (Wildman–Crippen MR) is 249 cm³/mol. The number of benzene rings is 1. The van der Waals surface area contributed by atoms with Crippen molar-refractivity contribution in [2.24, 2.45) is 0 Å². The van der Waals surface area contributed by atoms with Crippen molar-refractivity contribution in [1.82, 2.24) is 40.5 Å². The van der Waals surface area contributed by atoms with Gasteiger partial charge in [0.2, 0.25) is 5.91 Å². The van der Waals surface area contributed by atoms with Crippen LogP contribution in [0.25, 0.3) is 34.2 Å². The van der Waals surface area contributed by atoms with Crippen molar-refractivity contribution >= 4 is 23.8 Å². The molecule has 11 nitrogen and oxygen atoms in total. The zero-order chi connectivity index (χ0) is 44.0. The van der Waals surface area contributed by atoms with Gasteiger partial charge in [-0.25, -0.2) is 9.78 Å². The van der Waals surface area contributed by atoms with Crippen molar-refractivity contribution in [2.75, 3.05) is 11.5 Å². The van der Waals surface area contributed by atoms with E-state index in [0.29, 0.717) is 30.9 Å². The van der Waals surface area contributed by atoms with E-state index < -0.39 is 11.7 Å². The Hall–Kier alpha value is -6.17. The molecule has 0 fully saturated rings. The van der Waals surface area contributed by atoms with Gasteiger partial charge < -0.3 is 15.4 Å². The molecule has 0 unspecified atom stereocenters. The number of hydrogen-bond acceptors (Lipinski definition) is 10. The average Bonchev–Trinajstić information content (AvgIpc) is 3.28. The van der Waals surface area contributed by atoms with Gasteiger partial charge in [0, 0.05) is 86.2 Å². The van der Waals surface area contributed by atoms with Gasteiger partial charge in [-0.05, 0) is 119 Å². The molecule has 13 heteroatoms. The molecule has 6 aromatic heterocycles. The van der Waals surface area contributed by atoms with Crippen LogP contribution in [0.1, 0.15) is 49.7 Å². The normalized spacial score (nSPS) is 10.9. The Morgan fingerprint density at radius 3 is 1.65 bits per heavy atom. The second-order valence-electron chi connectivity index (χ2n) is 15.2. The van der Waals surface area contributed by atoms with Crippen LogP contribution in [0.4, 0.5) is 4.79 Å². The number of hydrogen-bond donors (Lipinski definition) is 2. The fraction of sp³-hybridized carbons (Fsp3) is 0.240. The molecule has 0 bridgehead atoms. The fourth-order valence-corrected chi connectivity index (χ4v) is 6.81. The molecule has 7 aromatic rings. The molecule has 0 saturated heterocycles. The summed E-state index contributed by atoms with van der Waals surface area (Å²) in [6, 6.07) is 43.1. The second-order valence-corrected chi connectivity index (χ2v) is 16.3. The number of thioether (sulfide) groups is 1. The number of carbonyl (C=O) groups excluding carboxylic acids is 2. The molecule has 0 saturated carbocycles. The zero-order valence-electron chi connectivity index (χ0n) is 36.3. The van der Waals surface area contributed by atoms with Gasteiger partial charge in [-0.15, -0.1) is 0 Å². The van der Waals surface area contributed by atoms with E-state index in [1.807, 2.05) is 168 Å². The maximum atomic E-state index is 12.2. The molecule has 0 aliphatic carbocycles. The van der Waals surface area contributed by atoms with Crippen molar-refractivity contribution < 1.29 is 33.8 Å². The Labute approximate surface area is 388 Å². The Balaban J connectivity index is 0.000000223. The number of amides is 2. The van der Waals surface area contributed by atoms with E-state index in [4.69, 9.17) is 4.74 Å². The van der Waals surface area contributed by atoms with E-state index in [9.17, 15) is 9.59 Å². The maximum Gasteiger partial charge on any atom is 0.407 e. The zero-order valence-corrected chi connectivity index (χ0v) is 38.8. The van der Waals surface area contributed by atoms with Crippen LogP contribution in [0.15, 0.2) is 158 Å². The Bertz CT molecular complexity index is 2310. The molecule has 2 amide bonds. The molecule has 326 valence electrons. The third-order valence-electron chi connectivity index (χ3n) is 8.69. The average molecular weight is 948 g/mol. The van der Waals surface area contributed by atoms with Crippen molar-refractivity contribution in [3.05, 3.63) is 181 Å². The Kier molecular flexibility index (Phi) is 20.7. The molecule has 0 aliphatic heterocycles. The van der Waals surface area contributed by atoms with Gasteiger partial charge in [-0.2, -0.15) is 11.8 Å². The number of nitrogens with one attached hydrogen (secondary N) is 2. The molecule has 2 N–H and O–H groups in total. The molecule has 1 atom stereocenters. The summed E-state index contributed by atoms with van der Waals surface area (Å²) in [6.07, 6.45) is 7.70. The van der Waals surface area contributed by atoms with Crippen molar-refractivity contribution in [1.29, 1.82) is 0 Å². The van der Waals surface area contributed by atoms with Gasteiger partial charge in [0.1, 0.15) is 5.60 Å². The van der Waals surface area contributed by atoms with Crippen LogP contribution in [0, 0.1) is 13.8 Å². The van der Waals surface area contributed by atoms with E-state index >= 15 is 0 Å². The molecule has 6 heterocycles. The van der Waals surface area contributed by atoms with Crippen LogP contribution >= 0.6 is 11.8 Å². The molecule has 0 aliphatic rings. The first-order valence-electron chi connectivity index (χ1n) is 20.4.